The van der Waals surface area contributed by atoms with Gasteiger partial charge in [-0.3, -0.25) is 14.5 Å². The summed E-state index contributed by atoms with van der Waals surface area (Å²) in [6.07, 6.45) is 3.39. The first-order valence-electron chi connectivity index (χ1n) is 9.93. The van der Waals surface area contributed by atoms with Crippen LogP contribution in [0.5, 0.6) is 0 Å². The van der Waals surface area contributed by atoms with Gasteiger partial charge in [-0.2, -0.15) is 13.9 Å². The number of fused-ring (bicyclic) bond motifs is 1. The van der Waals surface area contributed by atoms with Gasteiger partial charge in [0.2, 0.25) is 11.5 Å². The highest BCUT2D eigenvalue weighted by Gasteiger charge is 2.53. The first-order valence-corrected chi connectivity index (χ1v) is 12.1. The Balaban J connectivity index is 1.53. The van der Waals surface area contributed by atoms with E-state index in [-0.39, 0.29) is 35.5 Å². The maximum absolute atomic E-state index is 12.9. The first kappa shape index (κ1) is 23.9. The summed E-state index contributed by atoms with van der Waals surface area (Å²) in [7, 11) is 0. The fraction of sp³-hybridized carbons (Fsp3) is 0.316. The molecule has 2 amide bonds. The second kappa shape index (κ2) is 9.95. The smallest absolute Gasteiger partial charge is 0.278 e. The molecule has 0 radical (unpaired) electrons. The van der Waals surface area contributed by atoms with Gasteiger partial charge < -0.3 is 25.8 Å². The van der Waals surface area contributed by atoms with Gasteiger partial charge in [0.15, 0.2) is 24.1 Å². The normalized spacial score (nSPS) is 20.0. The van der Waals surface area contributed by atoms with Crippen molar-refractivity contribution in [1.82, 2.24) is 19.6 Å². The number of pyridine rings is 1. The Kier molecular flexibility index (Phi) is 7.00. The van der Waals surface area contributed by atoms with Crippen LogP contribution in [0, 0.1) is 0 Å². The SMILES string of the molecule is CCON=C(C(=O)NC1C(=O)N2C(C(=O)[O-])=C(C[n+]3cccc(Cl)c3)CS[C@H]12)c1nsc(N)n1. The van der Waals surface area contributed by atoms with E-state index in [1.807, 2.05) is 0 Å². The fourth-order valence-corrected chi connectivity index (χ4v) is 5.42. The van der Waals surface area contributed by atoms with Crippen LogP contribution in [0.1, 0.15) is 12.7 Å². The van der Waals surface area contributed by atoms with Gasteiger partial charge in [-0.15, -0.1) is 11.8 Å². The topological polar surface area (TPSA) is 167 Å². The van der Waals surface area contributed by atoms with E-state index in [9.17, 15) is 19.5 Å². The number of hydrogen-bond donors (Lipinski definition) is 2. The number of nitrogens with two attached hydrogens (primary N) is 1. The predicted octanol–water partition coefficient (Wildman–Crippen LogP) is -1.09. The minimum Gasteiger partial charge on any atom is -0.543 e. The number of carboxylic acids is 1. The standard InChI is InChI=1S/C19H18ClN7O5S2/c1-2-32-24-11(14-23-19(21)34-25-14)15(28)22-12-16(29)27-13(18(30)31)9(8-33-17(12)27)6-26-5-3-4-10(20)7-26/h3-5,7,12,17H,2,6,8H2,1H3,(H3-,21,22,23,25,28,30,31)/t12?,17-/m1/s1. The summed E-state index contributed by atoms with van der Waals surface area (Å²) in [5, 5.41) is 18.3. The molecule has 2 atom stereocenters. The largest absolute Gasteiger partial charge is 0.543 e. The van der Waals surface area contributed by atoms with Gasteiger partial charge in [0.1, 0.15) is 23.0 Å². The molecule has 2 aromatic rings. The number of aliphatic carboxylic acids is 1. The van der Waals surface area contributed by atoms with E-state index < -0.39 is 29.2 Å². The quantitative estimate of drug-likeness (QED) is 0.189. The van der Waals surface area contributed by atoms with E-state index in [0.717, 1.165) is 16.4 Å². The van der Waals surface area contributed by atoms with Crippen LogP contribution in [0.2, 0.25) is 5.02 Å². The van der Waals surface area contributed by atoms with Crippen LogP contribution in [0.15, 0.2) is 41.0 Å². The lowest BCUT2D eigenvalue weighted by molar-refractivity contribution is -0.689. The van der Waals surface area contributed by atoms with Gasteiger partial charge in [-0.05, 0) is 13.0 Å². The molecule has 3 N–H and O–H groups in total. The molecule has 34 heavy (non-hydrogen) atoms. The van der Waals surface area contributed by atoms with E-state index >= 15 is 0 Å². The summed E-state index contributed by atoms with van der Waals surface area (Å²) >= 11 is 8.21. The fourth-order valence-electron chi connectivity index (χ4n) is 3.46. The molecule has 0 saturated carbocycles. The molecule has 0 aliphatic carbocycles. The number of nitrogen functional groups attached to an aromatic ring is 1. The number of carbonyl (C=O) groups is 3. The van der Waals surface area contributed by atoms with Gasteiger partial charge in [-0.25, -0.2) is 0 Å². The zero-order valence-corrected chi connectivity index (χ0v) is 20.0. The summed E-state index contributed by atoms with van der Waals surface area (Å²) < 4.78 is 5.68. The Bertz CT molecular complexity index is 1220. The number of thioether (sulfide) groups is 1. The number of halogens is 1. The summed E-state index contributed by atoms with van der Waals surface area (Å²) in [6, 6.07) is 2.45. The number of anilines is 1. The summed E-state index contributed by atoms with van der Waals surface area (Å²) in [5.41, 5.74) is 5.64. The number of carbonyl (C=O) groups excluding carboxylic acids is 3. The molecule has 0 bridgehead atoms. The van der Waals surface area contributed by atoms with Crippen molar-refractivity contribution < 1.29 is 28.9 Å². The van der Waals surface area contributed by atoms with Crippen LogP contribution in [-0.4, -0.2) is 61.5 Å². The molecule has 15 heteroatoms. The van der Waals surface area contributed by atoms with Gasteiger partial charge in [0.05, 0.1) is 11.7 Å². The van der Waals surface area contributed by atoms with Crippen LogP contribution >= 0.6 is 34.9 Å². The van der Waals surface area contributed by atoms with Gasteiger partial charge in [-0.1, -0.05) is 16.8 Å². The highest BCUT2D eigenvalue weighted by atomic mass is 35.5. The molecule has 2 aromatic heterocycles. The van der Waals surface area contributed by atoms with Gasteiger partial charge in [0, 0.05) is 28.9 Å². The number of aromatic nitrogens is 3. The Hall–Kier alpha value is -3.23. The van der Waals surface area contributed by atoms with Crippen LogP contribution in [0.3, 0.4) is 0 Å². The number of amides is 2. The second-order valence-electron chi connectivity index (χ2n) is 7.11. The number of hydrogen-bond acceptors (Lipinski definition) is 11. The van der Waals surface area contributed by atoms with E-state index in [1.165, 1.54) is 11.8 Å². The molecule has 2 aliphatic rings. The third kappa shape index (κ3) is 4.69. The molecule has 2 aliphatic heterocycles. The molecule has 0 spiro atoms. The van der Waals surface area contributed by atoms with Crippen LogP contribution in [-0.2, 0) is 25.8 Å². The van der Waals surface area contributed by atoms with Gasteiger partial charge >= 0.3 is 0 Å². The van der Waals surface area contributed by atoms with E-state index in [0.29, 0.717) is 16.3 Å². The van der Waals surface area contributed by atoms with Crippen LogP contribution < -0.4 is 20.7 Å². The maximum Gasteiger partial charge on any atom is 0.278 e. The monoisotopic (exact) mass is 523 g/mol. The Morgan fingerprint density at radius 1 is 1.50 bits per heavy atom. The van der Waals surface area contributed by atoms with Gasteiger partial charge in [0.25, 0.3) is 11.8 Å². The third-order valence-corrected chi connectivity index (χ3v) is 6.98. The molecule has 1 unspecified atom stereocenters. The van der Waals surface area contributed by atoms with Crippen molar-refractivity contribution in [1.29, 1.82) is 0 Å². The second-order valence-corrected chi connectivity index (χ2v) is 9.43. The number of nitrogens with zero attached hydrogens (tertiary/aromatic N) is 5. The van der Waals surface area contributed by atoms with Crippen LogP contribution in [0.4, 0.5) is 5.13 Å². The maximum atomic E-state index is 12.9. The summed E-state index contributed by atoms with van der Waals surface area (Å²) in [6.45, 7) is 2.09. The highest BCUT2D eigenvalue weighted by Crippen LogP contribution is 2.40. The minimum atomic E-state index is -1.47. The number of nitrogens with one attached hydrogen (secondary N) is 1. The third-order valence-electron chi connectivity index (χ3n) is 4.88. The average Bonchev–Trinajstić information content (AvgIpc) is 3.23. The Morgan fingerprint density at radius 2 is 2.29 bits per heavy atom. The lowest BCUT2D eigenvalue weighted by Crippen LogP contribution is -2.71. The first-order chi connectivity index (χ1) is 16.3. The Labute approximate surface area is 206 Å². The van der Waals surface area contributed by atoms with Crippen molar-refractivity contribution in [2.45, 2.75) is 24.9 Å². The number of β-lactam (4-membered cyclic amide) rings is 1. The van der Waals surface area contributed by atoms with Crippen molar-refractivity contribution in [3.8, 4) is 0 Å². The zero-order valence-electron chi connectivity index (χ0n) is 17.6. The molecule has 1 fully saturated rings. The molecule has 12 nitrogen and oxygen atoms in total. The molecule has 4 rings (SSSR count). The van der Waals surface area contributed by atoms with E-state index in [2.05, 4.69) is 19.8 Å². The van der Waals surface area contributed by atoms with Crippen molar-refractivity contribution >= 4 is 63.5 Å². The number of oxime groups is 1. The molecule has 4 heterocycles. The van der Waals surface area contributed by atoms with E-state index in [4.69, 9.17) is 22.2 Å². The van der Waals surface area contributed by atoms with Crippen LogP contribution in [0.25, 0.3) is 0 Å². The Morgan fingerprint density at radius 3 is 2.94 bits per heavy atom. The van der Waals surface area contributed by atoms with Crippen molar-refractivity contribution in [2.24, 2.45) is 5.16 Å². The summed E-state index contributed by atoms with van der Waals surface area (Å²) in [4.78, 5) is 47.8. The molecular weight excluding hydrogens is 506 g/mol. The molecular formula is C19H18ClN7O5S2. The zero-order chi connectivity index (χ0) is 24.4. The van der Waals surface area contributed by atoms with E-state index in [1.54, 1.807) is 36.0 Å². The van der Waals surface area contributed by atoms with Crippen molar-refractivity contribution in [2.75, 3.05) is 18.1 Å². The number of carboxylic acid groups (broad SMARTS) is 1. The van der Waals surface area contributed by atoms with Crippen molar-refractivity contribution in [3.63, 3.8) is 0 Å². The number of rotatable bonds is 8. The van der Waals surface area contributed by atoms with Crippen molar-refractivity contribution in [3.05, 3.63) is 46.6 Å². The summed E-state index contributed by atoms with van der Waals surface area (Å²) in [5.74, 6) is -2.52. The lowest BCUT2D eigenvalue weighted by atomic mass is 10.0. The molecule has 178 valence electrons. The molecule has 0 aromatic carbocycles. The average molecular weight is 524 g/mol. The highest BCUT2D eigenvalue weighted by molar-refractivity contribution is 8.00. The predicted molar refractivity (Wildman–Crippen MR) is 121 cm³/mol. The lowest BCUT2D eigenvalue weighted by Gasteiger charge is -2.50. The minimum absolute atomic E-state index is 0.0375. The molecule has 1 saturated heterocycles.